The SMILES string of the molecule is COc1ccc(S(=O)(=O)N(CC(=O)NC(C(C)C)C(C)C)c2ccc(C)cc2)cc1OC. The molecule has 1 N–H and O–H groups in total. The van der Waals surface area contributed by atoms with Gasteiger partial charge in [-0.1, -0.05) is 45.4 Å². The molecular formula is C24H34N2O5S. The number of methoxy groups -OCH3 is 2. The van der Waals surface area contributed by atoms with E-state index in [-0.39, 0.29) is 35.2 Å². The molecule has 0 radical (unpaired) electrons. The number of anilines is 1. The van der Waals surface area contributed by atoms with Crippen molar-refractivity contribution in [1.82, 2.24) is 5.32 Å². The van der Waals surface area contributed by atoms with Crippen LogP contribution in [-0.2, 0) is 14.8 Å². The van der Waals surface area contributed by atoms with Crippen molar-refractivity contribution in [2.24, 2.45) is 11.8 Å². The maximum atomic E-state index is 13.6. The molecule has 0 aliphatic rings. The van der Waals surface area contributed by atoms with E-state index in [1.165, 1.54) is 32.4 Å². The summed E-state index contributed by atoms with van der Waals surface area (Å²) in [7, 11) is -1.14. The van der Waals surface area contributed by atoms with Gasteiger partial charge >= 0.3 is 0 Å². The van der Waals surface area contributed by atoms with Gasteiger partial charge in [-0.05, 0) is 43.0 Å². The molecule has 0 aliphatic carbocycles. The first-order chi connectivity index (χ1) is 15.0. The Morgan fingerprint density at radius 2 is 1.50 bits per heavy atom. The van der Waals surface area contributed by atoms with Crippen LogP contribution in [0, 0.1) is 18.8 Å². The van der Waals surface area contributed by atoms with Crippen LogP contribution in [0.2, 0.25) is 0 Å². The highest BCUT2D eigenvalue weighted by Gasteiger charge is 2.29. The van der Waals surface area contributed by atoms with Crippen LogP contribution in [0.4, 0.5) is 5.69 Å². The second-order valence-corrected chi connectivity index (χ2v) is 10.3. The summed E-state index contributed by atoms with van der Waals surface area (Å²) in [5.41, 5.74) is 1.40. The lowest BCUT2D eigenvalue weighted by Gasteiger charge is -2.29. The third-order valence-electron chi connectivity index (χ3n) is 5.32. The van der Waals surface area contributed by atoms with Crippen molar-refractivity contribution in [3.63, 3.8) is 0 Å². The summed E-state index contributed by atoms with van der Waals surface area (Å²) in [5, 5.41) is 3.00. The van der Waals surface area contributed by atoms with E-state index < -0.39 is 10.0 Å². The molecule has 0 aromatic heterocycles. The molecule has 0 bridgehead atoms. The van der Waals surface area contributed by atoms with Crippen LogP contribution < -0.4 is 19.1 Å². The molecule has 0 unspecified atom stereocenters. The summed E-state index contributed by atoms with van der Waals surface area (Å²) >= 11 is 0. The molecule has 0 atom stereocenters. The van der Waals surface area contributed by atoms with Crippen LogP contribution in [0.1, 0.15) is 33.3 Å². The van der Waals surface area contributed by atoms with Gasteiger partial charge in [-0.2, -0.15) is 0 Å². The van der Waals surface area contributed by atoms with E-state index in [0.29, 0.717) is 17.2 Å². The first-order valence-corrected chi connectivity index (χ1v) is 12.1. The topological polar surface area (TPSA) is 84.9 Å². The number of ether oxygens (including phenoxy) is 2. The fourth-order valence-corrected chi connectivity index (χ4v) is 5.03. The number of carbonyl (C=O) groups is 1. The van der Waals surface area contributed by atoms with Gasteiger partial charge in [0.05, 0.1) is 24.8 Å². The lowest BCUT2D eigenvalue weighted by molar-refractivity contribution is -0.121. The average Bonchev–Trinajstić information content (AvgIpc) is 2.75. The van der Waals surface area contributed by atoms with E-state index in [0.717, 1.165) is 9.87 Å². The monoisotopic (exact) mass is 462 g/mol. The third-order valence-corrected chi connectivity index (χ3v) is 7.09. The van der Waals surface area contributed by atoms with Crippen molar-refractivity contribution >= 4 is 21.6 Å². The molecule has 2 aromatic rings. The summed E-state index contributed by atoms with van der Waals surface area (Å²) in [6, 6.07) is 11.3. The molecule has 0 spiro atoms. The first-order valence-electron chi connectivity index (χ1n) is 10.6. The minimum absolute atomic E-state index is 0.00722. The molecule has 0 saturated heterocycles. The predicted octanol–water partition coefficient (Wildman–Crippen LogP) is 4.00. The highest BCUT2D eigenvalue weighted by Crippen LogP contribution is 2.32. The normalized spacial score (nSPS) is 11.7. The van der Waals surface area contributed by atoms with Crippen LogP contribution in [0.15, 0.2) is 47.4 Å². The molecule has 2 aromatic carbocycles. The quantitative estimate of drug-likeness (QED) is 0.577. The lowest BCUT2D eigenvalue weighted by atomic mass is 9.93. The van der Waals surface area contributed by atoms with Crippen LogP contribution in [0.3, 0.4) is 0 Å². The Bertz CT molecular complexity index is 1010. The van der Waals surface area contributed by atoms with Gasteiger partial charge in [0.1, 0.15) is 6.54 Å². The molecule has 7 nitrogen and oxygen atoms in total. The predicted molar refractivity (Wildman–Crippen MR) is 127 cm³/mol. The van der Waals surface area contributed by atoms with Gasteiger partial charge in [0.2, 0.25) is 5.91 Å². The zero-order valence-corrected chi connectivity index (χ0v) is 20.7. The number of hydrogen-bond acceptors (Lipinski definition) is 5. The zero-order chi connectivity index (χ0) is 24.1. The molecular weight excluding hydrogens is 428 g/mol. The van der Waals surface area contributed by atoms with Crippen molar-refractivity contribution in [2.45, 2.75) is 45.6 Å². The van der Waals surface area contributed by atoms with Crippen LogP contribution >= 0.6 is 0 Å². The van der Waals surface area contributed by atoms with E-state index in [4.69, 9.17) is 9.47 Å². The number of hydrogen-bond donors (Lipinski definition) is 1. The minimum Gasteiger partial charge on any atom is -0.493 e. The van der Waals surface area contributed by atoms with Gasteiger partial charge in [-0.15, -0.1) is 0 Å². The van der Waals surface area contributed by atoms with Crippen LogP contribution in [0.5, 0.6) is 11.5 Å². The number of nitrogens with one attached hydrogen (secondary N) is 1. The fourth-order valence-electron chi connectivity index (χ4n) is 3.60. The number of nitrogens with zero attached hydrogens (tertiary/aromatic N) is 1. The number of carbonyl (C=O) groups excluding carboxylic acids is 1. The Morgan fingerprint density at radius 3 is 2.00 bits per heavy atom. The number of benzene rings is 2. The molecule has 176 valence electrons. The molecule has 32 heavy (non-hydrogen) atoms. The number of aryl methyl sites for hydroxylation is 1. The first kappa shape index (κ1) is 25.5. The summed E-state index contributed by atoms with van der Waals surface area (Å²) in [6.07, 6.45) is 0. The Morgan fingerprint density at radius 1 is 0.938 bits per heavy atom. The second-order valence-electron chi connectivity index (χ2n) is 8.45. The van der Waals surface area contributed by atoms with Gasteiger partial charge in [0.15, 0.2) is 11.5 Å². The Hall–Kier alpha value is -2.74. The van der Waals surface area contributed by atoms with Crippen LogP contribution in [-0.4, -0.2) is 41.1 Å². The highest BCUT2D eigenvalue weighted by molar-refractivity contribution is 7.92. The lowest BCUT2D eigenvalue weighted by Crippen LogP contribution is -2.47. The Labute approximate surface area is 191 Å². The van der Waals surface area contributed by atoms with E-state index >= 15 is 0 Å². The van der Waals surface area contributed by atoms with Gasteiger partial charge in [0.25, 0.3) is 10.0 Å². The maximum absolute atomic E-state index is 13.6. The van der Waals surface area contributed by atoms with E-state index in [1.54, 1.807) is 12.1 Å². The van der Waals surface area contributed by atoms with Crippen molar-refractivity contribution < 1.29 is 22.7 Å². The summed E-state index contributed by atoms with van der Waals surface area (Å²) in [4.78, 5) is 13.0. The maximum Gasteiger partial charge on any atom is 0.264 e. The van der Waals surface area contributed by atoms with E-state index in [9.17, 15) is 13.2 Å². The Kier molecular flexibility index (Phi) is 8.55. The smallest absolute Gasteiger partial charge is 0.264 e. The second kappa shape index (κ2) is 10.7. The summed E-state index contributed by atoms with van der Waals surface area (Å²) < 4.78 is 38.9. The van der Waals surface area contributed by atoms with Crippen molar-refractivity contribution in [1.29, 1.82) is 0 Å². The molecule has 2 rings (SSSR count). The summed E-state index contributed by atoms with van der Waals surface area (Å²) in [6.45, 7) is 9.70. The van der Waals surface area contributed by atoms with Crippen molar-refractivity contribution in [3.05, 3.63) is 48.0 Å². The minimum atomic E-state index is -4.06. The zero-order valence-electron chi connectivity index (χ0n) is 19.9. The molecule has 1 amide bonds. The van der Waals surface area contributed by atoms with E-state index in [2.05, 4.69) is 5.32 Å². The number of sulfonamides is 1. The van der Waals surface area contributed by atoms with Gasteiger partial charge in [-0.25, -0.2) is 8.42 Å². The fraction of sp³-hybridized carbons (Fsp3) is 0.458. The van der Waals surface area contributed by atoms with Gasteiger partial charge < -0.3 is 14.8 Å². The van der Waals surface area contributed by atoms with Gasteiger partial charge in [0, 0.05) is 12.1 Å². The largest absolute Gasteiger partial charge is 0.493 e. The van der Waals surface area contributed by atoms with E-state index in [1.807, 2.05) is 46.8 Å². The van der Waals surface area contributed by atoms with Crippen molar-refractivity contribution in [3.8, 4) is 11.5 Å². The average molecular weight is 463 g/mol. The van der Waals surface area contributed by atoms with Crippen molar-refractivity contribution in [2.75, 3.05) is 25.1 Å². The highest BCUT2D eigenvalue weighted by atomic mass is 32.2. The number of rotatable bonds is 10. The molecule has 8 heteroatoms. The van der Waals surface area contributed by atoms with Crippen LogP contribution in [0.25, 0.3) is 0 Å². The molecule has 0 saturated carbocycles. The standard InChI is InChI=1S/C24H34N2O5S/c1-16(2)24(17(3)4)25-23(27)15-26(19-10-8-18(5)9-11-19)32(28,29)20-12-13-21(30-6)22(14-20)31-7/h8-14,16-17,24H,15H2,1-7H3,(H,25,27). The molecule has 0 fully saturated rings. The molecule has 0 heterocycles. The Balaban J connectivity index is 2.47. The third kappa shape index (κ3) is 5.94. The number of amides is 1. The summed E-state index contributed by atoms with van der Waals surface area (Å²) in [5.74, 6) is 0.787. The van der Waals surface area contributed by atoms with Gasteiger partial charge in [-0.3, -0.25) is 9.10 Å². The molecule has 0 aliphatic heterocycles.